The van der Waals surface area contributed by atoms with Gasteiger partial charge in [0.1, 0.15) is 24.1 Å². The van der Waals surface area contributed by atoms with Gasteiger partial charge in [0.15, 0.2) is 12.1 Å². The van der Waals surface area contributed by atoms with Crippen molar-refractivity contribution in [3.63, 3.8) is 0 Å². The maximum absolute atomic E-state index is 9.83. The molecule has 1 aliphatic heterocycles. The van der Waals surface area contributed by atoms with Crippen LogP contribution in [0.1, 0.15) is 11.8 Å². The van der Waals surface area contributed by atoms with Crippen LogP contribution in [-0.4, -0.2) is 61.1 Å². The van der Waals surface area contributed by atoms with E-state index in [0.29, 0.717) is 0 Å². The number of ether oxygens (including phenoxy) is 1. The lowest BCUT2D eigenvalue weighted by Crippen LogP contribution is -2.33. The van der Waals surface area contributed by atoms with Gasteiger partial charge in [-0.15, -0.1) is 0 Å². The molecular weight excluding hydrogens is 258 g/mol. The number of hydrogen-bond acceptors (Lipinski definition) is 8. The minimum atomic E-state index is -1.31. The van der Waals surface area contributed by atoms with E-state index < -0.39 is 31.1 Å². The largest absolute Gasteiger partial charge is 0.409 e. The Hall–Kier alpha value is -1.88. The minimum Gasteiger partial charge on any atom is -0.409 e. The van der Waals surface area contributed by atoms with Crippen LogP contribution < -0.4 is 11.5 Å². The number of nitrogen functional groups attached to an aromatic ring is 1. The summed E-state index contributed by atoms with van der Waals surface area (Å²) in [6.07, 6.45) is -3.33. The van der Waals surface area contributed by atoms with E-state index in [4.69, 9.17) is 26.5 Å². The van der Waals surface area contributed by atoms with E-state index in [1.54, 1.807) is 0 Å². The van der Waals surface area contributed by atoms with Gasteiger partial charge in [-0.1, -0.05) is 5.16 Å². The molecule has 8 N–H and O–H groups in total. The van der Waals surface area contributed by atoms with Gasteiger partial charge in [0.05, 0.1) is 18.4 Å². The molecular formula is C9H15N5O5. The highest BCUT2D eigenvalue weighted by Crippen LogP contribution is 2.31. The second-order valence-corrected chi connectivity index (χ2v) is 4.10. The van der Waals surface area contributed by atoms with Gasteiger partial charge in [-0.05, 0) is 0 Å². The molecule has 2 rings (SSSR count). The molecule has 2 heterocycles. The highest BCUT2D eigenvalue weighted by atomic mass is 16.6. The molecule has 0 saturated carbocycles. The van der Waals surface area contributed by atoms with Gasteiger partial charge in [-0.3, -0.25) is 0 Å². The Morgan fingerprint density at radius 1 is 1.47 bits per heavy atom. The Labute approximate surface area is 107 Å². The van der Waals surface area contributed by atoms with Crippen LogP contribution >= 0.6 is 0 Å². The summed E-state index contributed by atoms with van der Waals surface area (Å²) in [5, 5.41) is 43.7. The molecule has 0 bridgehead atoms. The van der Waals surface area contributed by atoms with Crippen LogP contribution in [0.15, 0.2) is 11.4 Å². The first kappa shape index (κ1) is 13.5. The second-order valence-electron chi connectivity index (χ2n) is 4.10. The van der Waals surface area contributed by atoms with Gasteiger partial charge in [0.2, 0.25) is 0 Å². The van der Waals surface area contributed by atoms with Crippen LogP contribution in [0.4, 0.5) is 5.82 Å². The van der Waals surface area contributed by atoms with Crippen molar-refractivity contribution < 1.29 is 25.3 Å². The molecule has 0 radical (unpaired) electrons. The molecule has 0 aliphatic carbocycles. The number of aromatic nitrogens is 2. The predicted molar refractivity (Wildman–Crippen MR) is 62.2 cm³/mol. The fourth-order valence-electron chi connectivity index (χ4n) is 1.91. The highest BCUT2D eigenvalue weighted by molar-refractivity contribution is 6.00. The molecule has 1 fully saturated rings. The third kappa shape index (κ3) is 2.10. The number of nitrogens with two attached hydrogens (primary N) is 2. The Balaban J connectivity index is 2.31. The average molecular weight is 273 g/mol. The summed E-state index contributed by atoms with van der Waals surface area (Å²) in [5.41, 5.74) is 11.3. The number of rotatable bonds is 3. The molecule has 1 aromatic heterocycles. The van der Waals surface area contributed by atoms with Crippen molar-refractivity contribution in [2.75, 3.05) is 12.3 Å². The van der Waals surface area contributed by atoms with Crippen LogP contribution in [0.5, 0.6) is 0 Å². The zero-order valence-electron chi connectivity index (χ0n) is 9.79. The first-order valence-electron chi connectivity index (χ1n) is 5.44. The van der Waals surface area contributed by atoms with Crippen LogP contribution in [0.25, 0.3) is 0 Å². The molecule has 0 amide bonds. The summed E-state index contributed by atoms with van der Waals surface area (Å²) in [6, 6.07) is 0. The zero-order valence-corrected chi connectivity index (χ0v) is 9.79. The Bertz CT molecular complexity index is 489. The normalized spacial score (nSPS) is 31.8. The van der Waals surface area contributed by atoms with Crippen LogP contribution in [-0.2, 0) is 4.74 Å². The quantitative estimate of drug-likeness (QED) is 0.148. The molecule has 4 atom stereocenters. The van der Waals surface area contributed by atoms with E-state index in [9.17, 15) is 10.2 Å². The minimum absolute atomic E-state index is 0.00476. The van der Waals surface area contributed by atoms with E-state index in [0.717, 1.165) is 4.68 Å². The van der Waals surface area contributed by atoms with E-state index in [1.807, 2.05) is 0 Å². The lowest BCUT2D eigenvalue weighted by atomic mass is 10.1. The smallest absolute Gasteiger partial charge is 0.181 e. The van der Waals surface area contributed by atoms with Crippen molar-refractivity contribution in [1.82, 2.24) is 9.78 Å². The molecule has 106 valence electrons. The number of aliphatic hydroxyl groups excluding tert-OH is 3. The fraction of sp³-hybridized carbons (Fsp3) is 0.556. The number of hydrogen-bond donors (Lipinski definition) is 6. The van der Waals surface area contributed by atoms with Crippen molar-refractivity contribution in [2.45, 2.75) is 24.5 Å². The Morgan fingerprint density at radius 3 is 2.68 bits per heavy atom. The van der Waals surface area contributed by atoms with E-state index in [-0.39, 0.29) is 17.2 Å². The standard InChI is InChI=1S/C9H15N5O5/c10-7(13-18)3-1-12-14(8(3)11)9-6(17)5(16)4(2-15)19-9/h1,4-6,9,15-18H,2,11H2,(H2,10,13)/t4-,5-,6-,9-/m1/s1. The second kappa shape index (κ2) is 5.01. The van der Waals surface area contributed by atoms with Gasteiger partial charge < -0.3 is 36.7 Å². The van der Waals surface area contributed by atoms with Crippen LogP contribution in [0.2, 0.25) is 0 Å². The summed E-state index contributed by atoms with van der Waals surface area (Å²) in [6.45, 7) is -0.455. The lowest BCUT2D eigenvalue weighted by Gasteiger charge is -2.16. The lowest BCUT2D eigenvalue weighted by molar-refractivity contribution is -0.0574. The van der Waals surface area contributed by atoms with E-state index >= 15 is 0 Å². The number of aliphatic hydroxyl groups is 3. The number of anilines is 1. The third-order valence-corrected chi connectivity index (χ3v) is 2.98. The Kier molecular flexibility index (Phi) is 3.57. The van der Waals surface area contributed by atoms with Crippen LogP contribution in [0, 0.1) is 0 Å². The van der Waals surface area contributed by atoms with Crippen molar-refractivity contribution in [2.24, 2.45) is 10.9 Å². The summed E-state index contributed by atoms with van der Waals surface area (Å²) < 4.78 is 6.35. The van der Waals surface area contributed by atoms with E-state index in [1.165, 1.54) is 6.20 Å². The summed E-state index contributed by atoms with van der Waals surface area (Å²) >= 11 is 0. The number of oxime groups is 1. The molecule has 10 nitrogen and oxygen atoms in total. The average Bonchev–Trinajstić information content (AvgIpc) is 2.91. The van der Waals surface area contributed by atoms with Crippen molar-refractivity contribution in [3.8, 4) is 0 Å². The molecule has 0 aromatic carbocycles. The van der Waals surface area contributed by atoms with Crippen molar-refractivity contribution in [1.29, 1.82) is 0 Å². The fourth-order valence-corrected chi connectivity index (χ4v) is 1.91. The van der Waals surface area contributed by atoms with Crippen molar-refractivity contribution in [3.05, 3.63) is 11.8 Å². The molecule has 19 heavy (non-hydrogen) atoms. The van der Waals surface area contributed by atoms with E-state index in [2.05, 4.69) is 10.3 Å². The molecule has 1 aromatic rings. The van der Waals surface area contributed by atoms with Gasteiger partial charge in [-0.25, -0.2) is 4.68 Å². The first-order valence-corrected chi connectivity index (χ1v) is 5.44. The SMILES string of the molecule is N/C(=N\O)c1cnn([C@@H]2O[C@H](CO)[C@@H](O)[C@H]2O)c1N. The summed E-state index contributed by atoms with van der Waals surface area (Å²) in [7, 11) is 0. The highest BCUT2D eigenvalue weighted by Gasteiger charge is 2.44. The number of amidine groups is 1. The molecule has 1 aliphatic rings. The maximum Gasteiger partial charge on any atom is 0.181 e. The third-order valence-electron chi connectivity index (χ3n) is 2.98. The monoisotopic (exact) mass is 273 g/mol. The van der Waals surface area contributed by atoms with Crippen LogP contribution in [0.3, 0.4) is 0 Å². The van der Waals surface area contributed by atoms with Gasteiger partial charge in [0.25, 0.3) is 0 Å². The topological polar surface area (TPSA) is 172 Å². The van der Waals surface area contributed by atoms with Gasteiger partial charge in [0, 0.05) is 0 Å². The van der Waals surface area contributed by atoms with Gasteiger partial charge >= 0.3 is 0 Å². The number of nitrogens with zero attached hydrogens (tertiary/aromatic N) is 3. The molecule has 1 saturated heterocycles. The maximum atomic E-state index is 9.83. The summed E-state index contributed by atoms with van der Waals surface area (Å²) in [4.78, 5) is 0. The summed E-state index contributed by atoms with van der Waals surface area (Å²) in [5.74, 6) is -0.236. The zero-order chi connectivity index (χ0) is 14.2. The molecule has 10 heteroatoms. The van der Waals surface area contributed by atoms with Gasteiger partial charge in [-0.2, -0.15) is 5.10 Å². The molecule has 0 spiro atoms. The first-order chi connectivity index (χ1) is 9.01. The Morgan fingerprint density at radius 2 is 2.16 bits per heavy atom. The molecule has 0 unspecified atom stereocenters. The van der Waals surface area contributed by atoms with Crippen molar-refractivity contribution >= 4 is 11.7 Å². The predicted octanol–water partition coefficient (Wildman–Crippen LogP) is -2.83.